The minimum Gasteiger partial charge on any atom is -0.465 e. The van der Waals surface area contributed by atoms with E-state index in [1.54, 1.807) is 11.8 Å². The molecule has 0 rings (SSSR count). The van der Waals surface area contributed by atoms with Gasteiger partial charge in [0.1, 0.15) is 0 Å². The highest BCUT2D eigenvalue weighted by atomic mass is 32.2. The summed E-state index contributed by atoms with van der Waals surface area (Å²) in [6.07, 6.45) is 4.72. The quantitative estimate of drug-likeness (QED) is 0.577. The summed E-state index contributed by atoms with van der Waals surface area (Å²) in [5.41, 5.74) is 0. The number of unbranched alkanes of at least 4 members (excludes halogenated alkanes) is 1. The normalized spacial score (nSPS) is 14.5. The maximum absolute atomic E-state index is 11.6. The van der Waals surface area contributed by atoms with Crippen LogP contribution in [0.3, 0.4) is 0 Å². The second-order valence-corrected chi connectivity index (χ2v) is 5.76. The fourth-order valence-corrected chi connectivity index (χ4v) is 2.24. The zero-order valence-electron chi connectivity index (χ0n) is 11.1. The van der Waals surface area contributed by atoms with Gasteiger partial charge in [-0.2, -0.15) is 0 Å². The van der Waals surface area contributed by atoms with Gasteiger partial charge >= 0.3 is 5.97 Å². The van der Waals surface area contributed by atoms with E-state index in [1.807, 2.05) is 6.92 Å². The average molecular weight is 246 g/mol. The molecule has 0 aliphatic heterocycles. The first-order chi connectivity index (χ1) is 7.65. The summed E-state index contributed by atoms with van der Waals surface area (Å²) in [6, 6.07) is 0. The molecule has 0 saturated heterocycles. The molecule has 0 saturated carbocycles. The van der Waals surface area contributed by atoms with Gasteiger partial charge in [-0.25, -0.2) is 0 Å². The highest BCUT2D eigenvalue weighted by Crippen LogP contribution is 2.15. The molecule has 0 bridgehead atoms. The molecule has 0 amide bonds. The highest BCUT2D eigenvalue weighted by Gasteiger charge is 2.15. The Labute approximate surface area is 105 Å². The minimum atomic E-state index is -0.0539. The first kappa shape index (κ1) is 15.8. The van der Waals surface area contributed by atoms with E-state index in [0.29, 0.717) is 12.5 Å². The largest absolute Gasteiger partial charge is 0.465 e. The van der Waals surface area contributed by atoms with Crippen molar-refractivity contribution in [2.24, 2.45) is 5.92 Å². The summed E-state index contributed by atoms with van der Waals surface area (Å²) in [7, 11) is 0. The van der Waals surface area contributed by atoms with Gasteiger partial charge in [-0.15, -0.1) is 11.8 Å². The Morgan fingerprint density at radius 3 is 2.50 bits per heavy atom. The van der Waals surface area contributed by atoms with Crippen molar-refractivity contribution < 1.29 is 9.53 Å². The van der Waals surface area contributed by atoms with Crippen molar-refractivity contribution in [3.8, 4) is 0 Å². The van der Waals surface area contributed by atoms with E-state index in [4.69, 9.17) is 4.74 Å². The van der Waals surface area contributed by atoms with E-state index in [9.17, 15) is 4.79 Å². The van der Waals surface area contributed by atoms with Crippen molar-refractivity contribution in [3.05, 3.63) is 0 Å². The SMILES string of the molecule is CCCCC(CC)COC(=O)C(C)SCC. The molecule has 0 aliphatic rings. The number of carbonyl (C=O) groups is 1. The van der Waals surface area contributed by atoms with Crippen LogP contribution in [0.25, 0.3) is 0 Å². The van der Waals surface area contributed by atoms with Crippen LogP contribution in [-0.2, 0) is 9.53 Å². The Hall–Kier alpha value is -0.180. The van der Waals surface area contributed by atoms with Gasteiger partial charge in [-0.1, -0.05) is 40.0 Å². The van der Waals surface area contributed by atoms with Crippen molar-refractivity contribution in [3.63, 3.8) is 0 Å². The van der Waals surface area contributed by atoms with Crippen LogP contribution in [0.1, 0.15) is 53.4 Å². The number of ether oxygens (including phenoxy) is 1. The number of carbonyl (C=O) groups excluding carboxylic acids is 1. The second kappa shape index (κ2) is 10.0. The van der Waals surface area contributed by atoms with Crippen LogP contribution in [0.2, 0.25) is 0 Å². The minimum absolute atomic E-state index is 0.0197. The molecule has 0 radical (unpaired) electrons. The van der Waals surface area contributed by atoms with E-state index < -0.39 is 0 Å². The maximum atomic E-state index is 11.6. The molecule has 0 N–H and O–H groups in total. The van der Waals surface area contributed by atoms with Gasteiger partial charge in [-0.05, 0) is 25.0 Å². The Bertz CT molecular complexity index is 183. The standard InChI is InChI=1S/C13H26O2S/c1-5-8-9-12(6-2)10-15-13(14)11(4)16-7-3/h11-12H,5-10H2,1-4H3. The summed E-state index contributed by atoms with van der Waals surface area (Å²) in [6.45, 7) is 8.94. The van der Waals surface area contributed by atoms with E-state index in [2.05, 4.69) is 20.8 Å². The molecule has 0 aliphatic carbocycles. The second-order valence-electron chi connectivity index (χ2n) is 4.14. The molecule has 2 unspecified atom stereocenters. The molecule has 0 heterocycles. The van der Waals surface area contributed by atoms with Crippen LogP contribution in [-0.4, -0.2) is 23.6 Å². The Morgan fingerprint density at radius 1 is 1.31 bits per heavy atom. The van der Waals surface area contributed by atoms with Crippen LogP contribution in [0.5, 0.6) is 0 Å². The third-order valence-corrected chi connectivity index (χ3v) is 3.78. The molecule has 2 atom stereocenters. The van der Waals surface area contributed by atoms with Crippen molar-refractivity contribution >= 4 is 17.7 Å². The first-order valence-corrected chi connectivity index (χ1v) is 7.48. The molecule has 0 spiro atoms. The lowest BCUT2D eigenvalue weighted by atomic mass is 10.0. The van der Waals surface area contributed by atoms with Crippen LogP contribution in [0.4, 0.5) is 0 Å². The van der Waals surface area contributed by atoms with Crippen LogP contribution in [0, 0.1) is 5.92 Å². The molecule has 96 valence electrons. The maximum Gasteiger partial charge on any atom is 0.318 e. The molecular formula is C13H26O2S. The van der Waals surface area contributed by atoms with E-state index in [0.717, 1.165) is 12.2 Å². The summed E-state index contributed by atoms with van der Waals surface area (Å²) >= 11 is 1.64. The average Bonchev–Trinajstić information content (AvgIpc) is 2.29. The number of rotatable bonds is 9. The highest BCUT2D eigenvalue weighted by molar-refractivity contribution is 8.00. The molecule has 2 nitrogen and oxygen atoms in total. The van der Waals surface area contributed by atoms with Gasteiger partial charge in [0, 0.05) is 0 Å². The molecular weight excluding hydrogens is 220 g/mol. The van der Waals surface area contributed by atoms with Crippen LogP contribution in [0.15, 0.2) is 0 Å². The van der Waals surface area contributed by atoms with Gasteiger partial charge in [0.05, 0.1) is 11.9 Å². The van der Waals surface area contributed by atoms with Gasteiger partial charge in [0.15, 0.2) is 0 Å². The predicted molar refractivity (Wildman–Crippen MR) is 71.9 cm³/mol. The number of esters is 1. The Kier molecular flexibility index (Phi) is 9.89. The fraction of sp³-hybridized carbons (Fsp3) is 0.923. The van der Waals surface area contributed by atoms with Crippen molar-refractivity contribution in [2.75, 3.05) is 12.4 Å². The van der Waals surface area contributed by atoms with Gasteiger partial charge in [-0.3, -0.25) is 4.79 Å². The molecule has 0 aromatic heterocycles. The lowest BCUT2D eigenvalue weighted by Crippen LogP contribution is -2.21. The van der Waals surface area contributed by atoms with Gasteiger partial charge in [0.2, 0.25) is 0 Å². The van der Waals surface area contributed by atoms with Crippen molar-refractivity contribution in [2.45, 2.75) is 58.6 Å². The summed E-state index contributed by atoms with van der Waals surface area (Å²) < 4.78 is 5.35. The van der Waals surface area contributed by atoms with E-state index >= 15 is 0 Å². The molecule has 0 aromatic carbocycles. The van der Waals surface area contributed by atoms with Gasteiger partial charge in [0.25, 0.3) is 0 Å². The van der Waals surface area contributed by atoms with Gasteiger partial charge < -0.3 is 4.74 Å². The topological polar surface area (TPSA) is 26.3 Å². The summed E-state index contributed by atoms with van der Waals surface area (Å²) in [5, 5.41) is -0.0197. The van der Waals surface area contributed by atoms with E-state index in [-0.39, 0.29) is 11.2 Å². The summed E-state index contributed by atoms with van der Waals surface area (Å²) in [5.74, 6) is 1.45. The molecule has 0 fully saturated rings. The number of hydrogen-bond donors (Lipinski definition) is 0. The monoisotopic (exact) mass is 246 g/mol. The Balaban J connectivity index is 3.78. The van der Waals surface area contributed by atoms with Crippen molar-refractivity contribution in [1.82, 2.24) is 0 Å². The molecule has 3 heteroatoms. The zero-order chi connectivity index (χ0) is 12.4. The fourth-order valence-electron chi connectivity index (χ4n) is 1.53. The molecule has 16 heavy (non-hydrogen) atoms. The lowest BCUT2D eigenvalue weighted by Gasteiger charge is -2.16. The number of hydrogen-bond acceptors (Lipinski definition) is 3. The molecule has 0 aromatic rings. The number of thioether (sulfide) groups is 1. The Morgan fingerprint density at radius 2 is 2.00 bits per heavy atom. The third kappa shape index (κ3) is 7.15. The smallest absolute Gasteiger partial charge is 0.318 e. The first-order valence-electron chi connectivity index (χ1n) is 6.43. The van der Waals surface area contributed by atoms with Crippen molar-refractivity contribution in [1.29, 1.82) is 0 Å². The predicted octanol–water partition coefficient (Wildman–Crippen LogP) is 3.89. The third-order valence-electron chi connectivity index (χ3n) is 2.75. The van der Waals surface area contributed by atoms with Crippen LogP contribution >= 0.6 is 11.8 Å². The summed E-state index contributed by atoms with van der Waals surface area (Å²) in [4.78, 5) is 11.6. The van der Waals surface area contributed by atoms with E-state index in [1.165, 1.54) is 19.3 Å². The van der Waals surface area contributed by atoms with Crippen LogP contribution < -0.4 is 0 Å². The lowest BCUT2D eigenvalue weighted by molar-refractivity contribution is -0.144. The zero-order valence-corrected chi connectivity index (χ0v) is 11.9.